The molecule has 2 aliphatic rings. The molecule has 1 heterocycles. The van der Waals surface area contributed by atoms with Crippen LogP contribution in [0.5, 0.6) is 0 Å². The molecule has 0 unspecified atom stereocenters. The highest BCUT2D eigenvalue weighted by molar-refractivity contribution is 6.05. The zero-order chi connectivity index (χ0) is 17.9. The fourth-order valence-electron chi connectivity index (χ4n) is 3.33. The van der Waals surface area contributed by atoms with E-state index in [1.54, 1.807) is 0 Å². The fourth-order valence-corrected chi connectivity index (χ4v) is 3.33. The molecule has 1 aliphatic heterocycles. The maximum absolute atomic E-state index is 12.3. The summed E-state index contributed by atoms with van der Waals surface area (Å²) in [4.78, 5) is 49.1. The zero-order valence-corrected chi connectivity index (χ0v) is 14.6. The van der Waals surface area contributed by atoms with Crippen molar-refractivity contribution in [3.63, 3.8) is 0 Å². The first kappa shape index (κ1) is 18.4. The van der Waals surface area contributed by atoms with Crippen LogP contribution in [0.3, 0.4) is 0 Å². The lowest BCUT2D eigenvalue weighted by Crippen LogP contribution is -2.43. The molecule has 1 N–H and O–H groups in total. The molecule has 0 bridgehead atoms. The smallest absolute Gasteiger partial charge is 0.308 e. The maximum Gasteiger partial charge on any atom is 0.308 e. The minimum atomic E-state index is -0.588. The van der Waals surface area contributed by atoms with Gasteiger partial charge in [-0.1, -0.05) is 12.8 Å². The van der Waals surface area contributed by atoms with Gasteiger partial charge in [-0.25, -0.2) is 0 Å². The maximum atomic E-state index is 12.3. The number of carbonyl (C=O) groups excluding carboxylic acids is 4. The quantitative estimate of drug-likeness (QED) is 0.596. The number of amides is 3. The minimum absolute atomic E-state index is 0.0321. The number of ether oxygens (including phenoxy) is 1. The van der Waals surface area contributed by atoms with Crippen molar-refractivity contribution in [2.45, 2.75) is 58.4 Å². The molecule has 0 aromatic heterocycles. The lowest BCUT2D eigenvalue weighted by Gasteiger charge is -2.20. The van der Waals surface area contributed by atoms with Gasteiger partial charge in [-0.3, -0.25) is 24.1 Å². The van der Waals surface area contributed by atoms with E-state index >= 15 is 0 Å². The van der Waals surface area contributed by atoms with Crippen LogP contribution < -0.4 is 5.32 Å². The molecule has 134 valence electrons. The molecule has 7 nitrogen and oxygen atoms in total. The highest BCUT2D eigenvalue weighted by atomic mass is 16.5. The first-order valence-corrected chi connectivity index (χ1v) is 8.51. The predicted molar refractivity (Wildman–Crippen MR) is 85.6 cm³/mol. The van der Waals surface area contributed by atoms with E-state index in [4.69, 9.17) is 4.74 Å². The van der Waals surface area contributed by atoms with Crippen LogP contribution in [0.15, 0.2) is 0 Å². The fraction of sp³-hybridized carbons (Fsp3) is 0.765. The van der Waals surface area contributed by atoms with Crippen molar-refractivity contribution in [2.75, 3.05) is 13.2 Å². The second-order valence-electron chi connectivity index (χ2n) is 7.53. The molecule has 2 atom stereocenters. The van der Waals surface area contributed by atoms with Crippen LogP contribution in [-0.4, -0.2) is 47.3 Å². The Morgan fingerprint density at radius 2 is 1.67 bits per heavy atom. The van der Waals surface area contributed by atoms with Gasteiger partial charge in [-0.15, -0.1) is 0 Å². The molecule has 0 aromatic rings. The molecule has 1 aliphatic carbocycles. The van der Waals surface area contributed by atoms with Gasteiger partial charge in [-0.2, -0.15) is 0 Å². The number of rotatable bonds is 5. The number of nitrogens with one attached hydrogen (secondary N) is 1. The lowest BCUT2D eigenvalue weighted by atomic mass is 9.81. The first-order chi connectivity index (χ1) is 11.2. The second-order valence-corrected chi connectivity index (χ2v) is 7.53. The summed E-state index contributed by atoms with van der Waals surface area (Å²) >= 11 is 0. The Morgan fingerprint density at radius 1 is 1.12 bits per heavy atom. The van der Waals surface area contributed by atoms with Crippen LogP contribution in [0.25, 0.3) is 0 Å². The number of imide groups is 1. The van der Waals surface area contributed by atoms with Crippen molar-refractivity contribution >= 4 is 23.7 Å². The summed E-state index contributed by atoms with van der Waals surface area (Å²) in [7, 11) is 0. The third kappa shape index (κ3) is 4.55. The molecule has 24 heavy (non-hydrogen) atoms. The molecule has 7 heteroatoms. The number of esters is 1. The summed E-state index contributed by atoms with van der Waals surface area (Å²) in [6, 6.07) is 0. The van der Waals surface area contributed by atoms with Gasteiger partial charge < -0.3 is 10.1 Å². The van der Waals surface area contributed by atoms with E-state index in [1.165, 1.54) is 4.90 Å². The number of likely N-dealkylation sites (tertiary alicyclic amines) is 1. The van der Waals surface area contributed by atoms with E-state index in [2.05, 4.69) is 5.32 Å². The largest absolute Gasteiger partial charge is 0.456 e. The Kier molecular flexibility index (Phi) is 5.62. The Morgan fingerprint density at radius 3 is 2.17 bits per heavy atom. The molecule has 0 radical (unpaired) electrons. The normalized spacial score (nSPS) is 23.9. The summed E-state index contributed by atoms with van der Waals surface area (Å²) < 4.78 is 4.90. The Bertz CT molecular complexity index is 514. The molecule has 1 saturated carbocycles. The highest BCUT2D eigenvalue weighted by Gasteiger charge is 2.47. The highest BCUT2D eigenvalue weighted by Crippen LogP contribution is 2.37. The van der Waals surface area contributed by atoms with Crippen LogP contribution in [-0.2, 0) is 23.9 Å². The number of hydrogen-bond donors (Lipinski definition) is 1. The number of hydrogen-bond acceptors (Lipinski definition) is 5. The van der Waals surface area contributed by atoms with Gasteiger partial charge in [0.1, 0.15) is 0 Å². The third-order valence-corrected chi connectivity index (χ3v) is 4.35. The minimum Gasteiger partial charge on any atom is -0.456 e. The van der Waals surface area contributed by atoms with Crippen molar-refractivity contribution in [3.05, 3.63) is 0 Å². The van der Waals surface area contributed by atoms with Gasteiger partial charge in [0, 0.05) is 12.1 Å². The van der Waals surface area contributed by atoms with Crippen molar-refractivity contribution in [2.24, 2.45) is 11.8 Å². The zero-order valence-electron chi connectivity index (χ0n) is 14.6. The number of nitrogens with zero attached hydrogens (tertiary/aromatic N) is 1. The average Bonchev–Trinajstić information content (AvgIpc) is 2.74. The van der Waals surface area contributed by atoms with Crippen molar-refractivity contribution < 1.29 is 23.9 Å². The number of fused-ring (bicyclic) bond motifs is 1. The topological polar surface area (TPSA) is 92.8 Å². The van der Waals surface area contributed by atoms with E-state index in [9.17, 15) is 19.2 Å². The van der Waals surface area contributed by atoms with Crippen LogP contribution >= 0.6 is 0 Å². The average molecular weight is 338 g/mol. The third-order valence-electron chi connectivity index (χ3n) is 4.35. The van der Waals surface area contributed by atoms with Crippen LogP contribution in [0, 0.1) is 11.8 Å². The monoisotopic (exact) mass is 338 g/mol. The van der Waals surface area contributed by atoms with E-state index in [0.29, 0.717) is 0 Å². The lowest BCUT2D eigenvalue weighted by molar-refractivity contribution is -0.150. The first-order valence-electron chi connectivity index (χ1n) is 8.51. The summed E-state index contributed by atoms with van der Waals surface area (Å²) in [6.07, 6.45) is 3.37. The predicted octanol–water partition coefficient (Wildman–Crippen LogP) is 1.01. The SMILES string of the molecule is CC(C)(C)NC(=O)COC(=O)CCN1C(=O)[C@@H]2CCCC[C@H]2C1=O. The molecule has 0 spiro atoms. The van der Waals surface area contributed by atoms with Crippen LogP contribution in [0.2, 0.25) is 0 Å². The van der Waals surface area contributed by atoms with Gasteiger partial charge in [0.25, 0.3) is 5.91 Å². The van der Waals surface area contributed by atoms with E-state index in [0.717, 1.165) is 25.7 Å². The van der Waals surface area contributed by atoms with E-state index in [1.807, 2.05) is 20.8 Å². The molecule has 0 aromatic carbocycles. The Labute approximate surface area is 142 Å². The van der Waals surface area contributed by atoms with Gasteiger partial charge in [0.15, 0.2) is 6.61 Å². The summed E-state index contributed by atoms with van der Waals surface area (Å²) in [5.74, 6) is -1.71. The molecular formula is C17H26N2O5. The van der Waals surface area contributed by atoms with E-state index < -0.39 is 11.5 Å². The molecular weight excluding hydrogens is 312 g/mol. The summed E-state index contributed by atoms with van der Waals surface area (Å²) in [5, 5.41) is 2.68. The number of carbonyl (C=O) groups is 4. The standard InChI is InChI=1S/C17H26N2O5/c1-17(2,3)18-13(20)10-24-14(21)8-9-19-15(22)11-6-4-5-7-12(11)16(19)23/h11-12H,4-10H2,1-3H3,(H,18,20)/t11-,12-/m1/s1. The molecule has 3 amide bonds. The molecule has 2 rings (SSSR count). The van der Waals surface area contributed by atoms with Gasteiger partial charge in [0.05, 0.1) is 18.3 Å². The van der Waals surface area contributed by atoms with Crippen LogP contribution in [0.4, 0.5) is 0 Å². The molecule has 2 fully saturated rings. The summed E-state index contributed by atoms with van der Waals surface area (Å²) in [6.45, 7) is 5.16. The van der Waals surface area contributed by atoms with E-state index in [-0.39, 0.29) is 49.1 Å². The van der Waals surface area contributed by atoms with Gasteiger partial charge in [-0.05, 0) is 33.6 Å². The van der Waals surface area contributed by atoms with Crippen LogP contribution in [0.1, 0.15) is 52.9 Å². The molecule has 1 saturated heterocycles. The van der Waals surface area contributed by atoms with Crippen molar-refractivity contribution in [1.29, 1.82) is 0 Å². The second kappa shape index (κ2) is 7.32. The Balaban J connectivity index is 1.76. The Hall–Kier alpha value is -1.92. The van der Waals surface area contributed by atoms with Gasteiger partial charge >= 0.3 is 5.97 Å². The van der Waals surface area contributed by atoms with Gasteiger partial charge in [0.2, 0.25) is 11.8 Å². The van der Waals surface area contributed by atoms with Crippen molar-refractivity contribution in [3.8, 4) is 0 Å². The summed E-state index contributed by atoms with van der Waals surface area (Å²) in [5.41, 5.74) is -0.395. The van der Waals surface area contributed by atoms with Crippen molar-refractivity contribution in [1.82, 2.24) is 10.2 Å².